The minimum atomic E-state index is -1.24. The molecule has 0 aromatic heterocycles. The Morgan fingerprint density at radius 3 is 2.00 bits per heavy atom. The van der Waals surface area contributed by atoms with E-state index >= 15 is 0 Å². The van der Waals surface area contributed by atoms with Crippen molar-refractivity contribution in [2.24, 2.45) is 0 Å². The average molecular weight is 242 g/mol. The summed E-state index contributed by atoms with van der Waals surface area (Å²) < 4.78 is 4.10. The van der Waals surface area contributed by atoms with E-state index in [1.54, 1.807) is 0 Å². The molecule has 17 heavy (non-hydrogen) atoms. The van der Waals surface area contributed by atoms with E-state index < -0.39 is 23.9 Å². The number of ether oxygens (including phenoxy) is 1. The van der Waals surface area contributed by atoms with Crippen molar-refractivity contribution in [3.05, 3.63) is 23.8 Å². The SMILES string of the molecule is C=C1CC(=O)OC1=O.CC(=CC(=O)O)C(=O)O. The Morgan fingerprint density at radius 1 is 1.35 bits per heavy atom. The van der Waals surface area contributed by atoms with Gasteiger partial charge in [-0.15, -0.1) is 0 Å². The van der Waals surface area contributed by atoms with Gasteiger partial charge >= 0.3 is 23.9 Å². The number of cyclic esters (lactones) is 2. The minimum Gasteiger partial charge on any atom is -0.478 e. The molecule has 1 rings (SSSR count). The van der Waals surface area contributed by atoms with Crippen LogP contribution in [-0.2, 0) is 23.9 Å². The maximum atomic E-state index is 10.2. The molecule has 0 spiro atoms. The van der Waals surface area contributed by atoms with Crippen LogP contribution in [0, 0.1) is 0 Å². The fourth-order valence-corrected chi connectivity index (χ4v) is 0.705. The molecule has 2 N–H and O–H groups in total. The van der Waals surface area contributed by atoms with Crippen LogP contribution in [0.2, 0.25) is 0 Å². The van der Waals surface area contributed by atoms with Gasteiger partial charge in [0.25, 0.3) is 0 Å². The lowest BCUT2D eigenvalue weighted by molar-refractivity contribution is -0.151. The van der Waals surface area contributed by atoms with Gasteiger partial charge in [0.2, 0.25) is 0 Å². The topological polar surface area (TPSA) is 118 Å². The van der Waals surface area contributed by atoms with E-state index in [-0.39, 0.29) is 17.6 Å². The summed E-state index contributed by atoms with van der Waals surface area (Å²) in [5.74, 6) is -3.54. The number of carbonyl (C=O) groups excluding carboxylic acids is 2. The normalized spacial score (nSPS) is 14.9. The van der Waals surface area contributed by atoms with Gasteiger partial charge in [-0.3, -0.25) is 4.79 Å². The quantitative estimate of drug-likeness (QED) is 0.401. The highest BCUT2D eigenvalue weighted by Crippen LogP contribution is 2.10. The van der Waals surface area contributed by atoms with Crippen LogP contribution in [0.25, 0.3) is 0 Å². The van der Waals surface area contributed by atoms with Gasteiger partial charge in [0.05, 0.1) is 6.42 Å². The molecular formula is C10H10O7. The molecular weight excluding hydrogens is 232 g/mol. The molecule has 1 saturated heterocycles. The van der Waals surface area contributed by atoms with Gasteiger partial charge in [0.1, 0.15) is 0 Å². The van der Waals surface area contributed by atoms with Crippen LogP contribution < -0.4 is 0 Å². The first-order chi connectivity index (χ1) is 7.73. The lowest BCUT2D eigenvalue weighted by atomic mass is 10.3. The first kappa shape index (κ1) is 14.6. The van der Waals surface area contributed by atoms with Gasteiger partial charge in [-0.2, -0.15) is 0 Å². The molecule has 0 saturated carbocycles. The molecule has 0 unspecified atom stereocenters. The molecule has 7 nitrogen and oxygen atoms in total. The molecule has 0 atom stereocenters. The number of aliphatic carboxylic acids is 2. The standard InChI is InChI=1S/C5H6O4.C5H4O3/c1-3(5(8)9)2-4(6)7;1-3-2-4(6)8-5(3)7/h2H,1H3,(H,6,7)(H,8,9);1-2H2. The van der Waals surface area contributed by atoms with Crippen molar-refractivity contribution in [3.8, 4) is 0 Å². The smallest absolute Gasteiger partial charge is 0.341 e. The fourth-order valence-electron chi connectivity index (χ4n) is 0.705. The van der Waals surface area contributed by atoms with E-state index in [0.717, 1.165) is 0 Å². The maximum Gasteiger partial charge on any atom is 0.341 e. The van der Waals surface area contributed by atoms with Gasteiger partial charge in [-0.05, 0) is 6.92 Å². The Balaban J connectivity index is 0.000000302. The van der Waals surface area contributed by atoms with Crippen molar-refractivity contribution < 1.29 is 34.1 Å². The van der Waals surface area contributed by atoms with Crippen LogP contribution in [0.15, 0.2) is 23.8 Å². The van der Waals surface area contributed by atoms with Crippen molar-refractivity contribution in [3.63, 3.8) is 0 Å². The molecule has 0 amide bonds. The van der Waals surface area contributed by atoms with Gasteiger partial charge in [0.15, 0.2) is 0 Å². The zero-order valence-corrected chi connectivity index (χ0v) is 8.93. The number of hydrogen-bond acceptors (Lipinski definition) is 5. The van der Waals surface area contributed by atoms with Crippen LogP contribution in [0.4, 0.5) is 0 Å². The third-order valence-corrected chi connectivity index (χ3v) is 1.53. The molecule has 0 bridgehead atoms. The summed E-state index contributed by atoms with van der Waals surface area (Å²) >= 11 is 0. The maximum absolute atomic E-state index is 10.2. The lowest BCUT2D eigenvalue weighted by Crippen LogP contribution is -1.99. The van der Waals surface area contributed by atoms with Crippen LogP contribution in [0.3, 0.4) is 0 Å². The van der Waals surface area contributed by atoms with Crippen LogP contribution >= 0.6 is 0 Å². The van der Waals surface area contributed by atoms with Crippen molar-refractivity contribution in [1.29, 1.82) is 0 Å². The predicted octanol–water partition coefficient (Wildman–Crippen LogP) is 0.118. The van der Waals surface area contributed by atoms with Gasteiger partial charge in [-0.25, -0.2) is 14.4 Å². The highest BCUT2D eigenvalue weighted by molar-refractivity contribution is 6.05. The summed E-state index contributed by atoms with van der Waals surface area (Å²) in [7, 11) is 0. The molecule has 0 radical (unpaired) electrons. The monoisotopic (exact) mass is 242 g/mol. The first-order valence-electron chi connectivity index (χ1n) is 4.31. The van der Waals surface area contributed by atoms with E-state index in [2.05, 4.69) is 11.3 Å². The van der Waals surface area contributed by atoms with Gasteiger partial charge in [0, 0.05) is 17.2 Å². The second-order valence-corrected chi connectivity index (χ2v) is 3.01. The largest absolute Gasteiger partial charge is 0.478 e. The molecule has 92 valence electrons. The summed E-state index contributed by atoms with van der Waals surface area (Å²) in [6.45, 7) is 4.51. The predicted molar refractivity (Wildman–Crippen MR) is 53.9 cm³/mol. The fraction of sp³-hybridized carbons (Fsp3) is 0.200. The number of esters is 2. The molecule has 7 heteroatoms. The molecule has 1 fully saturated rings. The highest BCUT2D eigenvalue weighted by atomic mass is 16.6. The zero-order valence-electron chi connectivity index (χ0n) is 8.93. The average Bonchev–Trinajstić information content (AvgIpc) is 2.43. The van der Waals surface area contributed by atoms with Crippen LogP contribution in [0.1, 0.15) is 13.3 Å². The number of carbonyl (C=O) groups is 4. The summed E-state index contributed by atoms with van der Waals surface area (Å²) in [6.07, 6.45) is 0.696. The lowest BCUT2D eigenvalue weighted by Gasteiger charge is -1.86. The van der Waals surface area contributed by atoms with Crippen molar-refractivity contribution in [2.45, 2.75) is 13.3 Å². The zero-order chi connectivity index (χ0) is 13.6. The summed E-state index contributed by atoms with van der Waals surface area (Å²) in [4.78, 5) is 40.1. The molecule has 0 aromatic carbocycles. The first-order valence-corrected chi connectivity index (χ1v) is 4.31. The van der Waals surface area contributed by atoms with E-state index in [1.165, 1.54) is 6.92 Å². The Bertz CT molecular complexity index is 398. The summed E-state index contributed by atoms with van der Waals surface area (Å²) in [6, 6.07) is 0. The number of carboxylic acids is 2. The van der Waals surface area contributed by atoms with Crippen LogP contribution in [-0.4, -0.2) is 34.1 Å². The second kappa shape index (κ2) is 6.21. The number of carboxylic acid groups (broad SMARTS) is 2. The summed E-state index contributed by atoms with van der Waals surface area (Å²) in [5, 5.41) is 16.1. The van der Waals surface area contributed by atoms with Crippen molar-refractivity contribution in [2.75, 3.05) is 0 Å². The Kier molecular flexibility index (Phi) is 5.32. The Hall–Kier alpha value is -2.44. The summed E-state index contributed by atoms with van der Waals surface area (Å²) in [5.41, 5.74) is 0.0671. The minimum absolute atomic E-state index is 0.0544. The number of rotatable bonds is 2. The number of hydrogen-bond donors (Lipinski definition) is 2. The second-order valence-electron chi connectivity index (χ2n) is 3.01. The molecule has 0 aromatic rings. The van der Waals surface area contributed by atoms with Crippen molar-refractivity contribution >= 4 is 23.9 Å². The van der Waals surface area contributed by atoms with Crippen LogP contribution in [0.5, 0.6) is 0 Å². The third kappa shape index (κ3) is 5.88. The van der Waals surface area contributed by atoms with Crippen molar-refractivity contribution in [1.82, 2.24) is 0 Å². The molecule has 1 aliphatic heterocycles. The molecule has 1 heterocycles. The van der Waals surface area contributed by atoms with Gasteiger partial charge < -0.3 is 14.9 Å². The van der Waals surface area contributed by atoms with E-state index in [9.17, 15) is 19.2 Å². The molecule has 0 aliphatic carbocycles. The van der Waals surface area contributed by atoms with E-state index in [1.807, 2.05) is 0 Å². The Labute approximate surface area is 96.0 Å². The molecule has 1 aliphatic rings. The van der Waals surface area contributed by atoms with E-state index in [4.69, 9.17) is 10.2 Å². The Morgan fingerprint density at radius 2 is 1.88 bits per heavy atom. The van der Waals surface area contributed by atoms with Gasteiger partial charge in [-0.1, -0.05) is 6.58 Å². The highest BCUT2D eigenvalue weighted by Gasteiger charge is 2.24. The third-order valence-electron chi connectivity index (χ3n) is 1.53. The van der Waals surface area contributed by atoms with E-state index in [0.29, 0.717) is 6.08 Å².